The van der Waals surface area contributed by atoms with Gasteiger partial charge in [0, 0.05) is 5.56 Å². The van der Waals surface area contributed by atoms with Gasteiger partial charge in [-0.15, -0.1) is 0 Å². The van der Waals surface area contributed by atoms with Crippen molar-refractivity contribution in [1.82, 2.24) is 5.32 Å². The Morgan fingerprint density at radius 3 is 2.83 bits per heavy atom. The smallest absolute Gasteiger partial charge is 0.255 e. The highest BCUT2D eigenvalue weighted by Crippen LogP contribution is 2.29. The molecule has 5 nitrogen and oxygen atoms in total. The second-order valence-electron chi connectivity index (χ2n) is 5.90. The van der Waals surface area contributed by atoms with Crippen LogP contribution in [0, 0.1) is 0 Å². The van der Waals surface area contributed by atoms with Crippen LogP contribution in [0.2, 0.25) is 0 Å². The Morgan fingerprint density at radius 1 is 1.17 bits per heavy atom. The van der Waals surface area contributed by atoms with Gasteiger partial charge in [0.05, 0.1) is 6.04 Å². The Kier molecular flexibility index (Phi) is 4.79. The lowest BCUT2D eigenvalue weighted by Gasteiger charge is -2.26. The van der Waals surface area contributed by atoms with Crippen molar-refractivity contribution in [3.8, 4) is 5.75 Å². The average Bonchev–Trinajstić information content (AvgIpc) is 2.60. The zero-order valence-corrected chi connectivity index (χ0v) is 13.3. The van der Waals surface area contributed by atoms with Crippen molar-refractivity contribution in [3.63, 3.8) is 0 Å². The summed E-state index contributed by atoms with van der Waals surface area (Å²) in [5.74, 6) is -0.254. The van der Waals surface area contributed by atoms with E-state index in [-0.39, 0.29) is 18.6 Å². The molecule has 24 heavy (non-hydrogen) atoms. The summed E-state index contributed by atoms with van der Waals surface area (Å²) in [7, 11) is 0. The second kappa shape index (κ2) is 7.17. The zero-order chi connectivity index (χ0) is 16.9. The highest BCUT2D eigenvalue weighted by molar-refractivity contribution is 5.94. The van der Waals surface area contributed by atoms with Crippen LogP contribution in [0.3, 0.4) is 0 Å². The number of benzene rings is 2. The number of rotatable bonds is 5. The maximum Gasteiger partial charge on any atom is 0.255 e. The normalized spacial score (nSPS) is 16.1. The molecule has 1 atom stereocenters. The molecule has 0 fully saturated rings. The topological polar surface area (TPSA) is 81.4 Å². The summed E-state index contributed by atoms with van der Waals surface area (Å²) in [6.45, 7) is -0.207. The van der Waals surface area contributed by atoms with Gasteiger partial charge in [-0.2, -0.15) is 0 Å². The number of hydrogen-bond donors (Lipinski definition) is 2. The van der Waals surface area contributed by atoms with Crippen LogP contribution in [-0.2, 0) is 11.2 Å². The van der Waals surface area contributed by atoms with E-state index in [0.29, 0.717) is 11.3 Å². The molecule has 0 radical (unpaired) electrons. The molecule has 2 aromatic rings. The number of hydrogen-bond acceptors (Lipinski definition) is 3. The van der Waals surface area contributed by atoms with E-state index in [1.807, 2.05) is 12.1 Å². The average molecular weight is 324 g/mol. The molecule has 5 heteroatoms. The molecular formula is C19H20N2O3. The zero-order valence-electron chi connectivity index (χ0n) is 13.3. The number of amides is 2. The predicted octanol–water partition coefficient (Wildman–Crippen LogP) is 2.36. The highest BCUT2D eigenvalue weighted by Gasteiger charge is 2.22. The van der Waals surface area contributed by atoms with Gasteiger partial charge in [-0.3, -0.25) is 9.59 Å². The Bertz CT molecular complexity index is 758. The molecule has 0 spiro atoms. The van der Waals surface area contributed by atoms with Gasteiger partial charge in [-0.05, 0) is 48.6 Å². The summed E-state index contributed by atoms with van der Waals surface area (Å²) in [6, 6.07) is 15.0. The Morgan fingerprint density at radius 2 is 2.00 bits per heavy atom. The highest BCUT2D eigenvalue weighted by atomic mass is 16.5. The van der Waals surface area contributed by atoms with Gasteiger partial charge < -0.3 is 15.8 Å². The van der Waals surface area contributed by atoms with E-state index in [1.54, 1.807) is 24.3 Å². The fourth-order valence-electron chi connectivity index (χ4n) is 3.03. The van der Waals surface area contributed by atoms with Crippen LogP contribution in [0.1, 0.15) is 40.4 Å². The number of carbonyl (C=O) groups is 2. The van der Waals surface area contributed by atoms with Crippen LogP contribution in [0.4, 0.5) is 0 Å². The van der Waals surface area contributed by atoms with Crippen LogP contribution in [0.15, 0.2) is 48.5 Å². The molecule has 1 unspecified atom stereocenters. The standard InChI is InChI=1S/C19H20N2O3/c20-18(22)12-24-15-8-3-7-14(11-15)19(23)21-17-10-4-6-13-5-1-2-9-16(13)17/h1-3,5,7-9,11,17H,4,6,10,12H2,(H2,20,22)(H,21,23). The third kappa shape index (κ3) is 3.74. The van der Waals surface area contributed by atoms with Crippen LogP contribution in [0.25, 0.3) is 0 Å². The van der Waals surface area contributed by atoms with E-state index < -0.39 is 5.91 Å². The summed E-state index contributed by atoms with van der Waals surface area (Å²) in [4.78, 5) is 23.3. The lowest BCUT2D eigenvalue weighted by Crippen LogP contribution is -2.31. The van der Waals surface area contributed by atoms with Crippen molar-refractivity contribution in [3.05, 3.63) is 65.2 Å². The maximum absolute atomic E-state index is 12.6. The molecular weight excluding hydrogens is 304 g/mol. The molecule has 2 aromatic carbocycles. The molecule has 1 aliphatic rings. The first-order valence-electron chi connectivity index (χ1n) is 8.03. The summed E-state index contributed by atoms with van der Waals surface area (Å²) >= 11 is 0. The van der Waals surface area contributed by atoms with Crippen LogP contribution < -0.4 is 15.8 Å². The first-order valence-corrected chi connectivity index (χ1v) is 8.03. The van der Waals surface area contributed by atoms with Crippen molar-refractivity contribution in [2.75, 3.05) is 6.61 Å². The predicted molar refractivity (Wildman–Crippen MR) is 90.7 cm³/mol. The second-order valence-corrected chi connectivity index (χ2v) is 5.90. The van der Waals surface area contributed by atoms with Crippen LogP contribution in [0.5, 0.6) is 5.75 Å². The molecule has 1 aliphatic carbocycles. The molecule has 0 saturated carbocycles. The fourth-order valence-corrected chi connectivity index (χ4v) is 3.03. The number of nitrogens with one attached hydrogen (secondary N) is 1. The van der Waals surface area contributed by atoms with Gasteiger partial charge in [-0.1, -0.05) is 30.3 Å². The van der Waals surface area contributed by atoms with E-state index in [2.05, 4.69) is 17.4 Å². The Balaban J connectivity index is 1.72. The number of nitrogens with two attached hydrogens (primary N) is 1. The summed E-state index contributed by atoms with van der Waals surface area (Å²) < 4.78 is 5.25. The van der Waals surface area contributed by atoms with Crippen molar-refractivity contribution in [1.29, 1.82) is 0 Å². The van der Waals surface area contributed by atoms with Crippen molar-refractivity contribution in [2.24, 2.45) is 5.73 Å². The minimum atomic E-state index is -0.552. The van der Waals surface area contributed by atoms with Crippen molar-refractivity contribution < 1.29 is 14.3 Å². The lowest BCUT2D eigenvalue weighted by molar-refractivity contribution is -0.119. The van der Waals surface area contributed by atoms with Gasteiger partial charge >= 0.3 is 0 Å². The largest absolute Gasteiger partial charge is 0.484 e. The molecule has 0 aromatic heterocycles. The van der Waals surface area contributed by atoms with E-state index in [4.69, 9.17) is 10.5 Å². The third-order valence-electron chi connectivity index (χ3n) is 4.15. The molecule has 2 amide bonds. The summed E-state index contributed by atoms with van der Waals surface area (Å²) in [5.41, 5.74) is 8.06. The Labute approximate surface area is 140 Å². The molecule has 0 heterocycles. The SMILES string of the molecule is NC(=O)COc1cccc(C(=O)NC2CCCc3ccccc32)c1. The van der Waals surface area contributed by atoms with Gasteiger partial charge in [-0.25, -0.2) is 0 Å². The molecule has 0 saturated heterocycles. The van der Waals surface area contributed by atoms with E-state index >= 15 is 0 Å². The lowest BCUT2D eigenvalue weighted by atomic mass is 9.87. The van der Waals surface area contributed by atoms with Crippen molar-refractivity contribution >= 4 is 11.8 Å². The summed E-state index contributed by atoms with van der Waals surface area (Å²) in [5, 5.41) is 3.10. The minimum absolute atomic E-state index is 0.0256. The van der Waals surface area contributed by atoms with Crippen LogP contribution >= 0.6 is 0 Å². The number of fused-ring (bicyclic) bond motifs is 1. The number of aryl methyl sites for hydroxylation is 1. The monoisotopic (exact) mass is 324 g/mol. The minimum Gasteiger partial charge on any atom is -0.484 e. The fraction of sp³-hybridized carbons (Fsp3) is 0.263. The first-order chi connectivity index (χ1) is 11.6. The number of carbonyl (C=O) groups excluding carboxylic acids is 2. The molecule has 0 aliphatic heterocycles. The molecule has 3 rings (SSSR count). The summed E-state index contributed by atoms with van der Waals surface area (Å²) in [6.07, 6.45) is 3.04. The van der Waals surface area contributed by atoms with Crippen molar-refractivity contribution in [2.45, 2.75) is 25.3 Å². The molecule has 124 valence electrons. The van der Waals surface area contributed by atoms with E-state index in [0.717, 1.165) is 19.3 Å². The quantitative estimate of drug-likeness (QED) is 0.886. The maximum atomic E-state index is 12.6. The van der Waals surface area contributed by atoms with Gasteiger partial charge in [0.2, 0.25) is 0 Å². The Hall–Kier alpha value is -2.82. The number of primary amides is 1. The number of ether oxygens (including phenoxy) is 1. The van der Waals surface area contributed by atoms with Gasteiger partial charge in [0.25, 0.3) is 11.8 Å². The van der Waals surface area contributed by atoms with E-state index in [1.165, 1.54) is 11.1 Å². The van der Waals surface area contributed by atoms with E-state index in [9.17, 15) is 9.59 Å². The van der Waals surface area contributed by atoms with Gasteiger partial charge in [0.15, 0.2) is 6.61 Å². The first kappa shape index (κ1) is 16.1. The third-order valence-corrected chi connectivity index (χ3v) is 4.15. The molecule has 3 N–H and O–H groups in total. The van der Waals surface area contributed by atoms with Crippen LogP contribution in [-0.4, -0.2) is 18.4 Å². The van der Waals surface area contributed by atoms with Gasteiger partial charge in [0.1, 0.15) is 5.75 Å². The molecule has 0 bridgehead atoms.